The van der Waals surface area contributed by atoms with E-state index >= 15 is 0 Å². The smallest absolute Gasteiger partial charge is 0.174 e. The number of ether oxygens (including phenoxy) is 2. The topological polar surface area (TPSA) is 68.3 Å². The highest BCUT2D eigenvalue weighted by Gasteiger charge is 2.04. The first-order valence-corrected chi connectivity index (χ1v) is 5.29. The second kappa shape index (κ2) is 6.56. The number of nitrogens with two attached hydrogens (primary N) is 1. The molecule has 90 valence electrons. The normalized spacial score (nSPS) is 12.1. The van der Waals surface area contributed by atoms with Crippen molar-refractivity contribution in [2.45, 2.75) is 13.0 Å². The van der Waals surface area contributed by atoms with E-state index in [1.165, 1.54) is 0 Å². The molecule has 4 heteroatoms. The molecule has 0 radical (unpaired) electrons. The van der Waals surface area contributed by atoms with Crippen LogP contribution in [0.2, 0.25) is 0 Å². The summed E-state index contributed by atoms with van der Waals surface area (Å²) in [4.78, 5) is 0. The van der Waals surface area contributed by atoms with Crippen molar-refractivity contribution in [3.05, 3.63) is 29.8 Å². The van der Waals surface area contributed by atoms with Crippen molar-refractivity contribution in [3.63, 3.8) is 0 Å². The third kappa shape index (κ3) is 4.17. The maximum atomic E-state index is 8.45. The van der Waals surface area contributed by atoms with Crippen LogP contribution in [0.25, 0.3) is 6.08 Å². The third-order valence-electron chi connectivity index (χ3n) is 2.07. The lowest BCUT2D eigenvalue weighted by Gasteiger charge is -2.08. The first-order chi connectivity index (χ1) is 8.17. The highest BCUT2D eigenvalue weighted by molar-refractivity contribution is 5.56. The molecule has 0 saturated carbocycles. The van der Waals surface area contributed by atoms with E-state index in [1.807, 2.05) is 37.3 Å². The van der Waals surface area contributed by atoms with Gasteiger partial charge in [0.25, 0.3) is 0 Å². The van der Waals surface area contributed by atoms with Crippen LogP contribution in [0, 0.1) is 11.3 Å². The van der Waals surface area contributed by atoms with E-state index in [9.17, 15) is 0 Å². The monoisotopic (exact) mass is 232 g/mol. The summed E-state index contributed by atoms with van der Waals surface area (Å²) in [5.74, 6) is 1.17. The van der Waals surface area contributed by atoms with Crippen LogP contribution in [0.3, 0.4) is 0 Å². The number of methoxy groups -OCH3 is 1. The molecule has 0 aliphatic carbocycles. The molecule has 1 rings (SSSR count). The predicted molar refractivity (Wildman–Crippen MR) is 66.8 cm³/mol. The zero-order chi connectivity index (χ0) is 12.7. The van der Waals surface area contributed by atoms with E-state index in [2.05, 4.69) is 0 Å². The van der Waals surface area contributed by atoms with E-state index in [1.54, 1.807) is 13.2 Å². The molecule has 1 aromatic rings. The Morgan fingerprint density at radius 3 is 2.82 bits per heavy atom. The van der Waals surface area contributed by atoms with Gasteiger partial charge in [-0.3, -0.25) is 0 Å². The van der Waals surface area contributed by atoms with E-state index in [4.69, 9.17) is 20.5 Å². The molecule has 4 nitrogen and oxygen atoms in total. The van der Waals surface area contributed by atoms with Crippen LogP contribution in [0.15, 0.2) is 24.3 Å². The zero-order valence-corrected chi connectivity index (χ0v) is 10.0. The SMILES string of the molecule is COc1cc(/C=C/C(C)N)ccc1OCC#N. The number of hydrogen-bond acceptors (Lipinski definition) is 4. The summed E-state index contributed by atoms with van der Waals surface area (Å²) in [6.07, 6.45) is 3.81. The Morgan fingerprint density at radius 1 is 1.47 bits per heavy atom. The summed E-state index contributed by atoms with van der Waals surface area (Å²) in [5.41, 5.74) is 6.60. The average Bonchev–Trinajstić information content (AvgIpc) is 2.34. The number of rotatable bonds is 5. The van der Waals surface area contributed by atoms with Crippen molar-refractivity contribution in [3.8, 4) is 17.6 Å². The van der Waals surface area contributed by atoms with Crippen molar-refractivity contribution in [1.29, 1.82) is 5.26 Å². The standard InChI is InChI=1S/C13H16N2O2/c1-10(15)3-4-11-5-6-12(17-8-7-14)13(9-11)16-2/h3-6,9-10H,8,15H2,1-2H3/b4-3+. The van der Waals surface area contributed by atoms with Gasteiger partial charge in [-0.25, -0.2) is 0 Å². The van der Waals surface area contributed by atoms with Crippen molar-refractivity contribution >= 4 is 6.08 Å². The molecule has 0 fully saturated rings. The van der Waals surface area contributed by atoms with Crippen molar-refractivity contribution in [1.82, 2.24) is 0 Å². The molecule has 0 aliphatic heterocycles. The molecule has 0 bridgehead atoms. The van der Waals surface area contributed by atoms with E-state index in [0.29, 0.717) is 11.5 Å². The predicted octanol–water partition coefficient (Wildman–Crippen LogP) is 1.96. The Morgan fingerprint density at radius 2 is 2.24 bits per heavy atom. The molecule has 0 heterocycles. The molecule has 0 saturated heterocycles. The van der Waals surface area contributed by atoms with Gasteiger partial charge in [-0.2, -0.15) is 5.26 Å². The van der Waals surface area contributed by atoms with Gasteiger partial charge in [-0.15, -0.1) is 0 Å². The second-order valence-electron chi connectivity index (χ2n) is 3.58. The van der Waals surface area contributed by atoms with Gasteiger partial charge < -0.3 is 15.2 Å². The molecule has 1 atom stereocenters. The molecule has 1 unspecified atom stereocenters. The Bertz CT molecular complexity index is 434. The first kappa shape index (κ1) is 13.1. The lowest BCUT2D eigenvalue weighted by Crippen LogP contribution is -2.09. The number of nitriles is 1. The summed E-state index contributed by atoms with van der Waals surface area (Å²) in [6, 6.07) is 7.42. The van der Waals surface area contributed by atoms with E-state index < -0.39 is 0 Å². The summed E-state index contributed by atoms with van der Waals surface area (Å²) in [5, 5.41) is 8.45. The van der Waals surface area contributed by atoms with Crippen LogP contribution in [0.1, 0.15) is 12.5 Å². The highest BCUT2D eigenvalue weighted by atomic mass is 16.5. The van der Waals surface area contributed by atoms with Gasteiger partial charge in [0.1, 0.15) is 6.07 Å². The van der Waals surface area contributed by atoms with E-state index in [-0.39, 0.29) is 12.6 Å². The minimum atomic E-state index is 0.00534. The zero-order valence-electron chi connectivity index (χ0n) is 10.0. The van der Waals surface area contributed by atoms with Crippen LogP contribution in [0.4, 0.5) is 0 Å². The Hall–Kier alpha value is -1.99. The van der Waals surface area contributed by atoms with Gasteiger partial charge in [0.2, 0.25) is 0 Å². The maximum absolute atomic E-state index is 8.45. The van der Waals surface area contributed by atoms with Crippen LogP contribution < -0.4 is 15.2 Å². The molecule has 0 amide bonds. The number of nitrogens with zero attached hydrogens (tertiary/aromatic N) is 1. The molecule has 2 N–H and O–H groups in total. The average molecular weight is 232 g/mol. The fourth-order valence-corrected chi connectivity index (χ4v) is 1.28. The maximum Gasteiger partial charge on any atom is 0.174 e. The van der Waals surface area contributed by atoms with Crippen LogP contribution in [0.5, 0.6) is 11.5 Å². The fraction of sp³-hybridized carbons (Fsp3) is 0.308. The fourth-order valence-electron chi connectivity index (χ4n) is 1.28. The summed E-state index contributed by atoms with van der Waals surface area (Å²) in [7, 11) is 1.56. The third-order valence-corrected chi connectivity index (χ3v) is 2.07. The van der Waals surface area contributed by atoms with Gasteiger partial charge in [-0.1, -0.05) is 18.2 Å². The van der Waals surface area contributed by atoms with Gasteiger partial charge >= 0.3 is 0 Å². The number of benzene rings is 1. The van der Waals surface area contributed by atoms with Crippen LogP contribution >= 0.6 is 0 Å². The van der Waals surface area contributed by atoms with Crippen LogP contribution in [-0.4, -0.2) is 19.8 Å². The Balaban J connectivity index is 2.88. The highest BCUT2D eigenvalue weighted by Crippen LogP contribution is 2.28. The molecule has 17 heavy (non-hydrogen) atoms. The Kier molecular flexibility index (Phi) is 5.05. The van der Waals surface area contributed by atoms with Crippen molar-refractivity contribution in [2.24, 2.45) is 5.73 Å². The van der Waals surface area contributed by atoms with Crippen molar-refractivity contribution < 1.29 is 9.47 Å². The minimum absolute atomic E-state index is 0.00534. The molecular weight excluding hydrogens is 216 g/mol. The van der Waals surface area contributed by atoms with Gasteiger partial charge in [-0.05, 0) is 24.6 Å². The molecular formula is C13H16N2O2. The molecule has 0 aliphatic rings. The summed E-state index contributed by atoms with van der Waals surface area (Å²) < 4.78 is 10.4. The van der Waals surface area contributed by atoms with Crippen molar-refractivity contribution in [2.75, 3.05) is 13.7 Å². The van der Waals surface area contributed by atoms with Crippen LogP contribution in [-0.2, 0) is 0 Å². The quantitative estimate of drug-likeness (QED) is 0.842. The Labute approximate surface area is 101 Å². The summed E-state index contributed by atoms with van der Waals surface area (Å²) in [6.45, 7) is 1.91. The molecule has 0 aromatic heterocycles. The first-order valence-electron chi connectivity index (χ1n) is 5.29. The lowest BCUT2D eigenvalue weighted by atomic mass is 10.1. The van der Waals surface area contributed by atoms with Gasteiger partial charge in [0, 0.05) is 6.04 Å². The van der Waals surface area contributed by atoms with Gasteiger partial charge in [0.15, 0.2) is 18.1 Å². The molecule has 0 spiro atoms. The van der Waals surface area contributed by atoms with Gasteiger partial charge in [0.05, 0.1) is 7.11 Å². The second-order valence-corrected chi connectivity index (χ2v) is 3.58. The minimum Gasteiger partial charge on any atom is -0.493 e. The summed E-state index contributed by atoms with van der Waals surface area (Å²) >= 11 is 0. The number of hydrogen-bond donors (Lipinski definition) is 1. The molecule has 1 aromatic carbocycles. The lowest BCUT2D eigenvalue weighted by molar-refractivity contribution is 0.329. The largest absolute Gasteiger partial charge is 0.493 e. The van der Waals surface area contributed by atoms with E-state index in [0.717, 1.165) is 5.56 Å².